The minimum Gasteiger partial charge on any atom is -0.506 e. The minimum absolute atomic E-state index is 0.242. The first-order valence-corrected chi connectivity index (χ1v) is 7.52. The highest BCUT2D eigenvalue weighted by Crippen LogP contribution is 2.22. The van der Waals surface area contributed by atoms with Crippen LogP contribution >= 0.6 is 0 Å². The highest BCUT2D eigenvalue weighted by atomic mass is 16.3. The molecule has 3 nitrogen and oxygen atoms in total. The molecule has 0 amide bonds. The second-order valence-electron chi connectivity index (χ2n) is 5.62. The summed E-state index contributed by atoms with van der Waals surface area (Å²) in [5, 5.41) is 10.9. The third kappa shape index (κ3) is 3.43. The van der Waals surface area contributed by atoms with Crippen LogP contribution in [0.5, 0.6) is 5.75 Å². The van der Waals surface area contributed by atoms with Gasteiger partial charge in [-0.15, -0.1) is 0 Å². The maximum atomic E-state index is 9.91. The van der Waals surface area contributed by atoms with Crippen molar-refractivity contribution in [3.8, 4) is 5.75 Å². The van der Waals surface area contributed by atoms with Gasteiger partial charge >= 0.3 is 0 Å². The second kappa shape index (κ2) is 6.58. The van der Waals surface area contributed by atoms with Crippen LogP contribution in [0, 0.1) is 0 Å². The van der Waals surface area contributed by atoms with Crippen LogP contribution in [0.4, 0.5) is 0 Å². The van der Waals surface area contributed by atoms with Crippen LogP contribution < -0.4 is 0 Å². The first-order chi connectivity index (χ1) is 10.7. The standard InChI is InChI=1S/C19H20N2O/c1-21(13-12-15-6-3-2-4-7-15)14-17-11-10-16-8-5-9-18(22)19(16)20-17/h2-11,22H,12-14H2,1H3. The topological polar surface area (TPSA) is 36.4 Å². The van der Waals surface area contributed by atoms with Crippen molar-refractivity contribution in [3.05, 3.63) is 71.9 Å². The molecule has 0 bridgehead atoms. The van der Waals surface area contributed by atoms with Gasteiger partial charge in [-0.3, -0.25) is 0 Å². The highest BCUT2D eigenvalue weighted by molar-refractivity contribution is 5.84. The Balaban J connectivity index is 1.66. The summed E-state index contributed by atoms with van der Waals surface area (Å²) in [6.45, 7) is 1.75. The van der Waals surface area contributed by atoms with Gasteiger partial charge in [0.25, 0.3) is 0 Å². The number of aromatic nitrogens is 1. The van der Waals surface area contributed by atoms with Crippen LogP contribution in [0.1, 0.15) is 11.3 Å². The molecule has 0 atom stereocenters. The van der Waals surface area contributed by atoms with Gasteiger partial charge in [-0.05, 0) is 31.2 Å². The zero-order chi connectivity index (χ0) is 15.4. The summed E-state index contributed by atoms with van der Waals surface area (Å²) >= 11 is 0. The van der Waals surface area contributed by atoms with Crippen molar-refractivity contribution in [2.75, 3.05) is 13.6 Å². The van der Waals surface area contributed by atoms with Crippen molar-refractivity contribution in [2.45, 2.75) is 13.0 Å². The molecule has 2 aromatic carbocycles. The van der Waals surface area contributed by atoms with Crippen molar-refractivity contribution in [1.82, 2.24) is 9.88 Å². The Bertz CT molecular complexity index is 756. The lowest BCUT2D eigenvalue weighted by molar-refractivity contribution is 0.327. The van der Waals surface area contributed by atoms with E-state index in [0.717, 1.165) is 30.6 Å². The number of rotatable bonds is 5. The summed E-state index contributed by atoms with van der Waals surface area (Å²) in [5.74, 6) is 0.242. The maximum Gasteiger partial charge on any atom is 0.141 e. The van der Waals surface area contributed by atoms with E-state index in [1.807, 2.05) is 30.3 Å². The first kappa shape index (κ1) is 14.5. The van der Waals surface area contributed by atoms with Crippen molar-refractivity contribution < 1.29 is 5.11 Å². The molecule has 0 saturated heterocycles. The fraction of sp³-hybridized carbons (Fsp3) is 0.211. The summed E-state index contributed by atoms with van der Waals surface area (Å²) in [5.41, 5.74) is 3.00. The molecular formula is C19H20N2O. The van der Waals surface area contributed by atoms with Gasteiger partial charge in [-0.25, -0.2) is 4.98 Å². The highest BCUT2D eigenvalue weighted by Gasteiger charge is 2.05. The van der Waals surface area contributed by atoms with E-state index in [4.69, 9.17) is 0 Å². The molecule has 0 aliphatic carbocycles. The molecule has 3 aromatic rings. The van der Waals surface area contributed by atoms with Crippen LogP contribution in [-0.2, 0) is 13.0 Å². The second-order valence-corrected chi connectivity index (χ2v) is 5.62. The van der Waals surface area contributed by atoms with E-state index in [1.165, 1.54) is 5.56 Å². The molecule has 0 unspecified atom stereocenters. The van der Waals surface area contributed by atoms with Gasteiger partial charge in [0.2, 0.25) is 0 Å². The van der Waals surface area contributed by atoms with E-state index in [9.17, 15) is 5.11 Å². The number of phenols is 1. The Hall–Kier alpha value is -2.39. The zero-order valence-electron chi connectivity index (χ0n) is 12.7. The van der Waals surface area contributed by atoms with Gasteiger partial charge in [-0.1, -0.05) is 48.5 Å². The minimum atomic E-state index is 0.242. The summed E-state index contributed by atoms with van der Waals surface area (Å²) < 4.78 is 0. The molecular weight excluding hydrogens is 272 g/mol. The normalized spacial score (nSPS) is 11.2. The maximum absolute atomic E-state index is 9.91. The Morgan fingerprint density at radius 2 is 1.77 bits per heavy atom. The van der Waals surface area contributed by atoms with E-state index < -0.39 is 0 Å². The molecule has 0 aliphatic rings. The largest absolute Gasteiger partial charge is 0.506 e. The summed E-state index contributed by atoms with van der Waals surface area (Å²) in [7, 11) is 2.10. The Kier molecular flexibility index (Phi) is 4.35. The molecule has 0 fully saturated rings. The van der Waals surface area contributed by atoms with Gasteiger partial charge in [-0.2, -0.15) is 0 Å². The van der Waals surface area contributed by atoms with Gasteiger partial charge in [0.1, 0.15) is 11.3 Å². The van der Waals surface area contributed by atoms with Crippen LogP contribution in [-0.4, -0.2) is 28.6 Å². The number of phenolic OH excluding ortho intramolecular Hbond substituents is 1. The van der Waals surface area contributed by atoms with Gasteiger partial charge in [0.15, 0.2) is 0 Å². The average Bonchev–Trinajstić information content (AvgIpc) is 2.55. The number of para-hydroxylation sites is 1. The van der Waals surface area contributed by atoms with Crippen LogP contribution in [0.3, 0.4) is 0 Å². The molecule has 0 aliphatic heterocycles. The van der Waals surface area contributed by atoms with Crippen LogP contribution in [0.15, 0.2) is 60.7 Å². The van der Waals surface area contributed by atoms with E-state index >= 15 is 0 Å². The predicted molar refractivity (Wildman–Crippen MR) is 89.9 cm³/mol. The fourth-order valence-corrected chi connectivity index (χ4v) is 2.58. The number of hydrogen-bond donors (Lipinski definition) is 1. The predicted octanol–water partition coefficient (Wildman–Crippen LogP) is 3.61. The van der Waals surface area contributed by atoms with Gasteiger partial charge in [0, 0.05) is 18.5 Å². The Labute approximate surface area is 130 Å². The van der Waals surface area contributed by atoms with Crippen LogP contribution in [0.2, 0.25) is 0 Å². The first-order valence-electron chi connectivity index (χ1n) is 7.52. The molecule has 1 aromatic heterocycles. The molecule has 1 N–H and O–H groups in total. The van der Waals surface area contributed by atoms with Gasteiger partial charge < -0.3 is 10.0 Å². The number of benzene rings is 2. The molecule has 0 radical (unpaired) electrons. The molecule has 112 valence electrons. The smallest absolute Gasteiger partial charge is 0.141 e. The number of pyridine rings is 1. The lowest BCUT2D eigenvalue weighted by Crippen LogP contribution is -2.21. The van der Waals surface area contributed by atoms with E-state index in [2.05, 4.69) is 41.2 Å². The molecule has 3 rings (SSSR count). The molecule has 1 heterocycles. The third-order valence-corrected chi connectivity index (χ3v) is 3.81. The van der Waals surface area contributed by atoms with Gasteiger partial charge in [0.05, 0.1) is 5.69 Å². The number of aromatic hydroxyl groups is 1. The lowest BCUT2D eigenvalue weighted by Gasteiger charge is -2.16. The SMILES string of the molecule is CN(CCc1ccccc1)Cc1ccc2cccc(O)c2n1. The number of likely N-dealkylation sites (N-methyl/N-ethyl adjacent to an activating group) is 1. The Morgan fingerprint density at radius 1 is 0.955 bits per heavy atom. The summed E-state index contributed by atoms with van der Waals surface area (Å²) in [6, 6.07) is 20.0. The third-order valence-electron chi connectivity index (χ3n) is 3.81. The van der Waals surface area contributed by atoms with Crippen molar-refractivity contribution >= 4 is 10.9 Å². The fourth-order valence-electron chi connectivity index (χ4n) is 2.58. The van der Waals surface area contributed by atoms with E-state index in [0.29, 0.717) is 5.52 Å². The van der Waals surface area contributed by atoms with Crippen molar-refractivity contribution in [3.63, 3.8) is 0 Å². The zero-order valence-corrected chi connectivity index (χ0v) is 12.7. The number of fused-ring (bicyclic) bond motifs is 1. The molecule has 22 heavy (non-hydrogen) atoms. The van der Waals surface area contributed by atoms with Crippen molar-refractivity contribution in [2.24, 2.45) is 0 Å². The number of nitrogens with zero attached hydrogens (tertiary/aromatic N) is 2. The van der Waals surface area contributed by atoms with Crippen molar-refractivity contribution in [1.29, 1.82) is 0 Å². The lowest BCUT2D eigenvalue weighted by atomic mass is 10.1. The monoisotopic (exact) mass is 292 g/mol. The molecule has 0 spiro atoms. The number of hydrogen-bond acceptors (Lipinski definition) is 3. The van der Waals surface area contributed by atoms with E-state index in [-0.39, 0.29) is 5.75 Å². The van der Waals surface area contributed by atoms with Crippen LogP contribution in [0.25, 0.3) is 10.9 Å². The quantitative estimate of drug-likeness (QED) is 0.780. The Morgan fingerprint density at radius 3 is 2.59 bits per heavy atom. The average molecular weight is 292 g/mol. The summed E-state index contributed by atoms with van der Waals surface area (Å²) in [4.78, 5) is 6.83. The van der Waals surface area contributed by atoms with E-state index in [1.54, 1.807) is 6.07 Å². The summed E-state index contributed by atoms with van der Waals surface area (Å²) in [6.07, 6.45) is 1.02. The molecule has 3 heteroatoms. The molecule has 0 saturated carbocycles.